The fourth-order valence-electron chi connectivity index (χ4n) is 4.41. The molecular formula is C23H26F2N4O5. The second kappa shape index (κ2) is 9.41. The lowest BCUT2D eigenvalue weighted by atomic mass is 10.0. The number of carbonyl (C=O) groups excluding carboxylic acids is 1. The van der Waals surface area contributed by atoms with Crippen molar-refractivity contribution in [3.05, 3.63) is 45.5 Å². The van der Waals surface area contributed by atoms with Gasteiger partial charge in [-0.2, -0.15) is 0 Å². The Balaban J connectivity index is 1.80. The van der Waals surface area contributed by atoms with E-state index in [4.69, 9.17) is 10.5 Å². The number of amides is 1. The Labute approximate surface area is 193 Å². The van der Waals surface area contributed by atoms with E-state index in [1.54, 1.807) is 9.47 Å². The van der Waals surface area contributed by atoms with Crippen LogP contribution in [0.3, 0.4) is 0 Å². The molecule has 182 valence electrons. The second-order valence-electron chi connectivity index (χ2n) is 8.48. The van der Waals surface area contributed by atoms with Crippen LogP contribution in [0.4, 0.5) is 14.5 Å². The zero-order chi connectivity index (χ0) is 24.6. The van der Waals surface area contributed by atoms with Crippen LogP contribution in [0.5, 0.6) is 5.75 Å². The lowest BCUT2D eigenvalue weighted by Gasteiger charge is -2.33. The maximum Gasteiger partial charge on any atom is 0.341 e. The highest BCUT2D eigenvalue weighted by Gasteiger charge is 2.32. The van der Waals surface area contributed by atoms with Gasteiger partial charge in [0.15, 0.2) is 17.9 Å². The molecule has 34 heavy (non-hydrogen) atoms. The van der Waals surface area contributed by atoms with Gasteiger partial charge < -0.3 is 30.4 Å². The molecule has 2 fully saturated rings. The molecule has 9 nitrogen and oxygen atoms in total. The number of nitrogens with two attached hydrogens (primary N) is 1. The largest absolute Gasteiger partial charge is 0.492 e. The molecule has 4 rings (SSSR count). The van der Waals surface area contributed by atoms with Gasteiger partial charge in [0.2, 0.25) is 11.3 Å². The summed E-state index contributed by atoms with van der Waals surface area (Å²) in [6, 6.07) is 1.04. The fourth-order valence-corrected chi connectivity index (χ4v) is 4.41. The number of methoxy groups -OCH3 is 1. The first-order valence-electron chi connectivity index (χ1n) is 11.0. The highest BCUT2D eigenvalue weighted by Crippen LogP contribution is 2.44. The molecular weight excluding hydrogens is 450 g/mol. The van der Waals surface area contributed by atoms with Crippen LogP contribution in [0.25, 0.3) is 10.9 Å². The number of hydrogen-bond acceptors (Lipinski definition) is 6. The number of carboxylic acids is 1. The molecule has 4 N–H and O–H groups in total. The monoisotopic (exact) mass is 476 g/mol. The van der Waals surface area contributed by atoms with E-state index < -0.39 is 35.0 Å². The maximum absolute atomic E-state index is 15.4. The molecule has 2 aliphatic rings. The normalized spacial score (nSPS) is 18.2. The summed E-state index contributed by atoms with van der Waals surface area (Å²) in [4.78, 5) is 37.5. The topological polar surface area (TPSA) is 127 Å². The van der Waals surface area contributed by atoms with Gasteiger partial charge in [0.25, 0.3) is 0 Å². The van der Waals surface area contributed by atoms with Crippen LogP contribution in [0, 0.1) is 5.82 Å². The molecule has 0 spiro atoms. The number of benzene rings is 1. The van der Waals surface area contributed by atoms with Gasteiger partial charge in [-0.25, -0.2) is 13.6 Å². The van der Waals surface area contributed by atoms with Crippen molar-refractivity contribution in [1.82, 2.24) is 9.88 Å². The predicted octanol–water partition coefficient (Wildman–Crippen LogP) is 2.08. The number of fused-ring (bicyclic) bond motifs is 1. The van der Waals surface area contributed by atoms with Crippen LogP contribution in [0.15, 0.2) is 28.7 Å². The Morgan fingerprint density at radius 1 is 1.41 bits per heavy atom. The number of anilines is 1. The number of nitrogens with one attached hydrogen (secondary N) is 1. The summed E-state index contributed by atoms with van der Waals surface area (Å²) in [7, 11) is 1.37. The summed E-state index contributed by atoms with van der Waals surface area (Å²) in [5.74, 6) is -2.61. The van der Waals surface area contributed by atoms with Crippen molar-refractivity contribution in [2.45, 2.75) is 38.0 Å². The summed E-state index contributed by atoms with van der Waals surface area (Å²) >= 11 is 0. The van der Waals surface area contributed by atoms with Crippen LogP contribution >= 0.6 is 0 Å². The molecule has 0 radical (unpaired) electrons. The number of piperidine rings is 1. The predicted molar refractivity (Wildman–Crippen MR) is 122 cm³/mol. The number of pyridine rings is 1. The smallest absolute Gasteiger partial charge is 0.341 e. The number of aromatic nitrogens is 1. The lowest BCUT2D eigenvalue weighted by Crippen LogP contribution is -2.37. The van der Waals surface area contributed by atoms with E-state index in [0.717, 1.165) is 18.9 Å². The van der Waals surface area contributed by atoms with Crippen molar-refractivity contribution in [2.24, 2.45) is 5.73 Å². The van der Waals surface area contributed by atoms with Crippen molar-refractivity contribution >= 4 is 28.5 Å². The number of halogens is 2. The summed E-state index contributed by atoms with van der Waals surface area (Å²) < 4.78 is 36.9. The molecule has 1 aromatic carbocycles. The van der Waals surface area contributed by atoms with Gasteiger partial charge >= 0.3 is 5.97 Å². The van der Waals surface area contributed by atoms with Gasteiger partial charge in [0, 0.05) is 25.3 Å². The molecule has 1 unspecified atom stereocenters. The Hall–Kier alpha value is -3.47. The standard InChI is InChI=1S/C23H26F2N4O5/c1-34-22-19-14(21(31)15(23(32)33)11-29(19)13-4-5-13)8-16(24)20(22)28-6-2-3-12(10-28)7-17(25)27-18(30)9-26/h7-8,11,13,17H,2-6,9-10,26H2,1H3,(H,27,30)(H,32,33). The number of rotatable bonds is 7. The van der Waals surface area contributed by atoms with Crippen LogP contribution in [0.1, 0.15) is 42.1 Å². The van der Waals surface area contributed by atoms with E-state index in [0.29, 0.717) is 30.5 Å². The van der Waals surface area contributed by atoms with Gasteiger partial charge in [-0.15, -0.1) is 0 Å². The van der Waals surface area contributed by atoms with Crippen LogP contribution in [-0.2, 0) is 4.79 Å². The molecule has 1 aliphatic carbocycles. The van der Waals surface area contributed by atoms with E-state index >= 15 is 4.39 Å². The number of nitrogens with zero attached hydrogens (tertiary/aromatic N) is 2. The highest BCUT2D eigenvalue weighted by molar-refractivity contribution is 5.97. The summed E-state index contributed by atoms with van der Waals surface area (Å²) in [6.45, 7) is 0.323. The molecule has 1 amide bonds. The molecule has 1 saturated carbocycles. The van der Waals surface area contributed by atoms with Crippen molar-refractivity contribution in [1.29, 1.82) is 0 Å². The van der Waals surface area contributed by atoms with Gasteiger partial charge in [0.05, 0.1) is 24.6 Å². The maximum atomic E-state index is 15.4. The van der Waals surface area contributed by atoms with E-state index in [9.17, 15) is 23.9 Å². The minimum atomic E-state index is -1.72. The van der Waals surface area contributed by atoms with Gasteiger partial charge in [-0.3, -0.25) is 9.59 Å². The van der Waals surface area contributed by atoms with Crippen LogP contribution in [-0.4, -0.2) is 54.6 Å². The van der Waals surface area contributed by atoms with Gasteiger partial charge in [-0.1, -0.05) is 5.57 Å². The van der Waals surface area contributed by atoms with Gasteiger partial charge in [0.1, 0.15) is 11.3 Å². The molecule has 1 atom stereocenters. The van der Waals surface area contributed by atoms with Crippen LogP contribution < -0.4 is 26.1 Å². The van der Waals surface area contributed by atoms with E-state index in [2.05, 4.69) is 5.32 Å². The van der Waals surface area contributed by atoms with Crippen molar-refractivity contribution in [3.63, 3.8) is 0 Å². The Morgan fingerprint density at radius 2 is 2.15 bits per heavy atom. The molecule has 0 bridgehead atoms. The zero-order valence-electron chi connectivity index (χ0n) is 18.6. The third-order valence-electron chi connectivity index (χ3n) is 6.08. The number of carboxylic acid groups (broad SMARTS) is 1. The summed E-state index contributed by atoms with van der Waals surface area (Å²) in [5, 5.41) is 11.5. The molecule has 1 aromatic heterocycles. The number of carbonyl (C=O) groups is 2. The first-order valence-corrected chi connectivity index (χ1v) is 11.0. The third kappa shape index (κ3) is 4.47. The highest BCUT2D eigenvalue weighted by atomic mass is 19.1. The van der Waals surface area contributed by atoms with E-state index in [1.807, 2.05) is 0 Å². The minimum absolute atomic E-state index is 0.0105. The van der Waals surface area contributed by atoms with E-state index in [-0.39, 0.29) is 36.0 Å². The second-order valence-corrected chi connectivity index (χ2v) is 8.48. The van der Waals surface area contributed by atoms with Crippen molar-refractivity contribution in [3.8, 4) is 5.75 Å². The number of hydrogen-bond donors (Lipinski definition) is 3. The summed E-state index contributed by atoms with van der Waals surface area (Å²) in [6.07, 6.45) is 3.64. The van der Waals surface area contributed by atoms with E-state index in [1.165, 1.54) is 19.4 Å². The average Bonchev–Trinajstić information content (AvgIpc) is 3.64. The first kappa shape index (κ1) is 23.7. The first-order chi connectivity index (χ1) is 16.2. The number of alkyl halides is 1. The molecule has 11 heteroatoms. The van der Waals surface area contributed by atoms with Crippen molar-refractivity contribution < 1.29 is 28.2 Å². The molecule has 1 aliphatic heterocycles. The Bertz CT molecular complexity index is 1240. The quantitative estimate of drug-likeness (QED) is 0.413. The molecule has 2 heterocycles. The Kier molecular flexibility index (Phi) is 6.56. The average molecular weight is 476 g/mol. The minimum Gasteiger partial charge on any atom is -0.492 e. The SMILES string of the molecule is COc1c(N2CCCC(=CC(F)NC(=O)CN)C2)c(F)cc2c(=O)c(C(=O)O)cn(C3CC3)c12. The number of aromatic carboxylic acids is 1. The fraction of sp³-hybridized carbons (Fsp3) is 0.435. The Morgan fingerprint density at radius 3 is 2.76 bits per heavy atom. The number of ether oxygens (including phenoxy) is 1. The summed E-state index contributed by atoms with van der Waals surface area (Å²) in [5.41, 5.74) is 5.12. The zero-order valence-corrected chi connectivity index (χ0v) is 18.6. The van der Waals surface area contributed by atoms with Crippen LogP contribution in [0.2, 0.25) is 0 Å². The lowest BCUT2D eigenvalue weighted by molar-refractivity contribution is -0.120. The molecule has 2 aromatic rings. The van der Waals surface area contributed by atoms with Crippen molar-refractivity contribution in [2.75, 3.05) is 31.6 Å². The molecule has 1 saturated heterocycles. The third-order valence-corrected chi connectivity index (χ3v) is 6.08. The van der Waals surface area contributed by atoms with Gasteiger partial charge in [-0.05, 0) is 37.8 Å².